The molecule has 0 spiro atoms. The van der Waals surface area contributed by atoms with E-state index in [1.54, 1.807) is 19.9 Å². The molecule has 0 bridgehead atoms. The average Bonchev–Trinajstić information content (AvgIpc) is 2.47. The van der Waals surface area contributed by atoms with Gasteiger partial charge in [0.25, 0.3) is 0 Å². The normalized spacial score (nSPS) is 22.0. The van der Waals surface area contributed by atoms with Crippen molar-refractivity contribution in [2.75, 3.05) is 13.1 Å². The highest BCUT2D eigenvalue weighted by Gasteiger charge is 2.40. The predicted molar refractivity (Wildman–Crippen MR) is 80.5 cm³/mol. The summed E-state index contributed by atoms with van der Waals surface area (Å²) in [6, 6.07) is 6.80. The molecule has 1 aliphatic heterocycles. The summed E-state index contributed by atoms with van der Waals surface area (Å²) in [4.78, 5) is 13.6. The Morgan fingerprint density at radius 2 is 2.10 bits per heavy atom. The van der Waals surface area contributed by atoms with Crippen molar-refractivity contribution >= 4 is 5.97 Å². The monoisotopic (exact) mass is 293 g/mol. The van der Waals surface area contributed by atoms with Crippen LogP contribution in [0.15, 0.2) is 24.3 Å². The Morgan fingerprint density at radius 3 is 2.71 bits per heavy atom. The van der Waals surface area contributed by atoms with Crippen molar-refractivity contribution in [3.63, 3.8) is 0 Å². The zero-order valence-electron chi connectivity index (χ0n) is 13.0. The summed E-state index contributed by atoms with van der Waals surface area (Å²) in [6.45, 7) is 7.17. The van der Waals surface area contributed by atoms with Crippen molar-refractivity contribution in [3.05, 3.63) is 35.6 Å². The van der Waals surface area contributed by atoms with Gasteiger partial charge in [0.2, 0.25) is 0 Å². The smallest absolute Gasteiger partial charge is 0.309 e. The molecule has 1 N–H and O–H groups in total. The van der Waals surface area contributed by atoms with Crippen LogP contribution in [0.25, 0.3) is 0 Å². The van der Waals surface area contributed by atoms with Gasteiger partial charge in [0.05, 0.1) is 5.41 Å². The number of likely N-dealkylation sites (tertiary alicyclic amines) is 1. The van der Waals surface area contributed by atoms with E-state index in [-0.39, 0.29) is 17.8 Å². The number of piperidine rings is 1. The number of nitrogens with zero attached hydrogens (tertiary/aromatic N) is 1. The molecule has 2 atom stereocenters. The molecule has 1 aromatic rings. The van der Waals surface area contributed by atoms with Gasteiger partial charge >= 0.3 is 5.97 Å². The van der Waals surface area contributed by atoms with Crippen LogP contribution >= 0.6 is 0 Å². The lowest BCUT2D eigenvalue weighted by Gasteiger charge is -2.42. The van der Waals surface area contributed by atoms with Crippen LogP contribution in [0.4, 0.5) is 4.39 Å². The van der Waals surface area contributed by atoms with Gasteiger partial charge in [-0.1, -0.05) is 18.2 Å². The highest BCUT2D eigenvalue weighted by Crippen LogP contribution is 2.37. The summed E-state index contributed by atoms with van der Waals surface area (Å²) in [5.41, 5.74) is -0.0561. The maximum Gasteiger partial charge on any atom is 0.309 e. The summed E-state index contributed by atoms with van der Waals surface area (Å²) >= 11 is 0. The molecule has 21 heavy (non-hydrogen) atoms. The predicted octanol–water partition coefficient (Wildman–Crippen LogP) is 3.71. The molecule has 1 fully saturated rings. The summed E-state index contributed by atoms with van der Waals surface area (Å²) in [5.74, 6) is -0.851. The van der Waals surface area contributed by atoms with Gasteiger partial charge in [0, 0.05) is 18.2 Å². The molecule has 0 saturated carbocycles. The van der Waals surface area contributed by atoms with Gasteiger partial charge in [-0.05, 0) is 52.1 Å². The number of carboxylic acid groups (broad SMARTS) is 1. The van der Waals surface area contributed by atoms with E-state index in [1.165, 1.54) is 6.07 Å². The first-order valence-corrected chi connectivity index (χ1v) is 7.56. The minimum absolute atomic E-state index is 0.0291. The van der Waals surface area contributed by atoms with E-state index < -0.39 is 11.4 Å². The second kappa shape index (κ2) is 6.14. The van der Waals surface area contributed by atoms with Crippen LogP contribution in [-0.4, -0.2) is 29.1 Å². The van der Waals surface area contributed by atoms with Gasteiger partial charge in [-0.25, -0.2) is 4.39 Å². The molecule has 0 amide bonds. The summed E-state index contributed by atoms with van der Waals surface area (Å²) < 4.78 is 13.9. The van der Waals surface area contributed by atoms with Gasteiger partial charge in [-0.2, -0.15) is 0 Å². The molecule has 0 aromatic heterocycles. The number of halogens is 1. The lowest BCUT2D eigenvalue weighted by atomic mass is 9.74. The number of carboxylic acids is 1. The number of rotatable bonds is 4. The first kappa shape index (κ1) is 16.0. The molecule has 2 rings (SSSR count). The highest BCUT2D eigenvalue weighted by molar-refractivity contribution is 5.74. The van der Waals surface area contributed by atoms with Crippen LogP contribution in [-0.2, 0) is 4.79 Å². The van der Waals surface area contributed by atoms with Gasteiger partial charge in [0.1, 0.15) is 5.82 Å². The molecule has 1 aromatic carbocycles. The molecule has 0 aliphatic carbocycles. The third-order valence-electron chi connectivity index (χ3n) is 4.93. The molecular weight excluding hydrogens is 269 g/mol. The number of benzene rings is 1. The zero-order chi connectivity index (χ0) is 15.6. The van der Waals surface area contributed by atoms with E-state index in [2.05, 4.69) is 4.90 Å². The van der Waals surface area contributed by atoms with Crippen molar-refractivity contribution in [3.8, 4) is 0 Å². The maximum absolute atomic E-state index is 13.9. The molecule has 1 saturated heterocycles. The molecule has 3 nitrogen and oxygen atoms in total. The van der Waals surface area contributed by atoms with Crippen LogP contribution in [0.3, 0.4) is 0 Å². The summed E-state index contributed by atoms with van der Waals surface area (Å²) in [6.07, 6.45) is 1.87. The second-order valence-electron chi connectivity index (χ2n) is 6.56. The fourth-order valence-corrected chi connectivity index (χ4v) is 3.13. The largest absolute Gasteiger partial charge is 0.481 e. The number of hydrogen-bond acceptors (Lipinski definition) is 2. The summed E-state index contributed by atoms with van der Waals surface area (Å²) in [5, 5.41) is 9.40. The van der Waals surface area contributed by atoms with E-state index in [0.717, 1.165) is 19.4 Å². The van der Waals surface area contributed by atoms with Crippen LogP contribution in [0, 0.1) is 17.2 Å². The lowest BCUT2D eigenvalue weighted by molar-refractivity contribution is -0.151. The van der Waals surface area contributed by atoms with E-state index in [1.807, 2.05) is 19.1 Å². The number of hydrogen-bond donors (Lipinski definition) is 1. The Bertz CT molecular complexity index is 515. The average molecular weight is 293 g/mol. The van der Waals surface area contributed by atoms with Crippen molar-refractivity contribution in [1.29, 1.82) is 0 Å². The van der Waals surface area contributed by atoms with E-state index in [0.29, 0.717) is 12.1 Å². The first-order valence-electron chi connectivity index (χ1n) is 7.56. The molecule has 1 aliphatic rings. The van der Waals surface area contributed by atoms with E-state index in [9.17, 15) is 14.3 Å². The van der Waals surface area contributed by atoms with Crippen LogP contribution < -0.4 is 0 Å². The Hall–Kier alpha value is -1.42. The van der Waals surface area contributed by atoms with E-state index in [4.69, 9.17) is 0 Å². The fourth-order valence-electron chi connectivity index (χ4n) is 3.13. The zero-order valence-corrected chi connectivity index (χ0v) is 13.0. The van der Waals surface area contributed by atoms with E-state index >= 15 is 0 Å². The summed E-state index contributed by atoms with van der Waals surface area (Å²) in [7, 11) is 0. The van der Waals surface area contributed by atoms with Gasteiger partial charge in [-0.3, -0.25) is 9.69 Å². The molecular formula is C17H24FNO2. The SMILES string of the molecule is CC(c1ccccc1F)N1CCCC(C(C)(C)C(=O)O)C1. The van der Waals surface area contributed by atoms with Crippen LogP contribution in [0.2, 0.25) is 0 Å². The fraction of sp³-hybridized carbons (Fsp3) is 0.588. The Morgan fingerprint density at radius 1 is 1.43 bits per heavy atom. The van der Waals surface area contributed by atoms with Gasteiger partial charge < -0.3 is 5.11 Å². The molecule has 116 valence electrons. The Balaban J connectivity index is 2.15. The van der Waals surface area contributed by atoms with Crippen LogP contribution in [0.5, 0.6) is 0 Å². The standard InChI is InChI=1S/C17H24FNO2/c1-12(14-8-4-5-9-15(14)18)19-10-6-7-13(11-19)17(2,3)16(20)21/h4-5,8-9,12-13H,6-7,10-11H2,1-3H3,(H,20,21). The quantitative estimate of drug-likeness (QED) is 0.920. The third kappa shape index (κ3) is 3.26. The topological polar surface area (TPSA) is 40.5 Å². The minimum atomic E-state index is -0.757. The number of aliphatic carboxylic acids is 1. The van der Waals surface area contributed by atoms with Gasteiger partial charge in [0.15, 0.2) is 0 Å². The lowest BCUT2D eigenvalue weighted by Crippen LogP contribution is -2.45. The first-order chi connectivity index (χ1) is 9.84. The minimum Gasteiger partial charge on any atom is -0.481 e. The molecule has 2 unspecified atom stereocenters. The molecule has 1 heterocycles. The maximum atomic E-state index is 13.9. The number of carbonyl (C=O) groups is 1. The molecule has 0 radical (unpaired) electrons. The van der Waals surface area contributed by atoms with Crippen molar-refractivity contribution < 1.29 is 14.3 Å². The second-order valence-corrected chi connectivity index (χ2v) is 6.56. The van der Waals surface area contributed by atoms with Crippen molar-refractivity contribution in [1.82, 2.24) is 4.90 Å². The van der Waals surface area contributed by atoms with Crippen molar-refractivity contribution in [2.45, 2.75) is 39.7 Å². The molecule has 4 heteroatoms. The highest BCUT2D eigenvalue weighted by atomic mass is 19.1. The Labute approximate surface area is 125 Å². The van der Waals surface area contributed by atoms with Crippen molar-refractivity contribution in [2.24, 2.45) is 11.3 Å². The van der Waals surface area contributed by atoms with Crippen LogP contribution in [0.1, 0.15) is 45.2 Å². The Kier molecular flexibility index (Phi) is 4.67. The van der Waals surface area contributed by atoms with Gasteiger partial charge in [-0.15, -0.1) is 0 Å². The third-order valence-corrected chi connectivity index (χ3v) is 4.93.